The van der Waals surface area contributed by atoms with Crippen molar-refractivity contribution < 1.29 is 4.79 Å². The molecule has 1 aliphatic carbocycles. The molecule has 31 heavy (non-hydrogen) atoms. The summed E-state index contributed by atoms with van der Waals surface area (Å²) in [4.78, 5) is 34.1. The quantitative estimate of drug-likeness (QED) is 0.533. The first kappa shape index (κ1) is 21.4. The minimum Gasteiger partial charge on any atom is -0.343 e. The highest BCUT2D eigenvalue weighted by atomic mass is 32.2. The Kier molecular flexibility index (Phi) is 5.52. The van der Waals surface area contributed by atoms with Gasteiger partial charge in [0.2, 0.25) is 0 Å². The van der Waals surface area contributed by atoms with E-state index in [1.54, 1.807) is 12.1 Å². The number of allylic oxidation sites excluding steroid dienone is 2. The molecule has 2 aromatic rings. The molecule has 2 heterocycles. The van der Waals surface area contributed by atoms with Gasteiger partial charge in [-0.15, -0.1) is 0 Å². The number of hydrogen-bond donors (Lipinski definition) is 2. The molecule has 0 spiro atoms. The highest BCUT2D eigenvalue weighted by Crippen LogP contribution is 2.47. The number of Topliss-reactive ketones (excluding diaryl/α,β-unsaturated/α-hetero) is 1. The van der Waals surface area contributed by atoms with E-state index in [1.165, 1.54) is 11.8 Å². The second kappa shape index (κ2) is 8.01. The molecule has 0 bridgehead atoms. The summed E-state index contributed by atoms with van der Waals surface area (Å²) in [7, 11) is 0. The van der Waals surface area contributed by atoms with Gasteiger partial charge in [-0.05, 0) is 36.0 Å². The fourth-order valence-electron chi connectivity index (χ4n) is 4.31. The van der Waals surface area contributed by atoms with E-state index in [0.29, 0.717) is 45.8 Å². The van der Waals surface area contributed by atoms with Crippen molar-refractivity contribution in [3.63, 3.8) is 0 Å². The first-order valence-electron chi connectivity index (χ1n) is 10.6. The van der Waals surface area contributed by atoms with E-state index in [1.807, 2.05) is 12.1 Å². The van der Waals surface area contributed by atoms with Gasteiger partial charge in [0.1, 0.15) is 5.82 Å². The molecule has 7 heteroatoms. The maximum atomic E-state index is 13.2. The molecule has 0 amide bonds. The minimum absolute atomic E-state index is 0.0521. The summed E-state index contributed by atoms with van der Waals surface area (Å²) in [6, 6.07) is 9.23. The molecular formula is C24H26N4O2S. The van der Waals surface area contributed by atoms with Gasteiger partial charge in [0.25, 0.3) is 5.56 Å². The Hall–Kier alpha value is -2.85. The predicted octanol–water partition coefficient (Wildman–Crippen LogP) is 4.73. The number of nitrogens with zero attached hydrogens (tertiary/aromatic N) is 2. The number of carbonyl (C=O) groups is 1. The molecular weight excluding hydrogens is 408 g/mol. The Morgan fingerprint density at radius 1 is 1.26 bits per heavy atom. The molecule has 2 N–H and O–H groups in total. The second-order valence-corrected chi connectivity index (χ2v) is 10.5. The van der Waals surface area contributed by atoms with Crippen molar-refractivity contribution in [2.24, 2.45) is 5.41 Å². The molecule has 160 valence electrons. The Morgan fingerprint density at radius 2 is 1.97 bits per heavy atom. The van der Waals surface area contributed by atoms with E-state index in [2.05, 4.69) is 44.1 Å². The van der Waals surface area contributed by atoms with Gasteiger partial charge in [-0.3, -0.25) is 9.59 Å². The summed E-state index contributed by atoms with van der Waals surface area (Å²) >= 11 is 1.54. The standard InChI is InChI=1S/C24H26N4O2S/c1-5-13(2)31-23-27-21-20(22(30)28-23)18(15-8-6-14(12-25)7-9-15)19-16(26-21)10-24(3,4)11-17(19)29/h6-9,13,18H,5,10-11H2,1-4H3,(H2,26,27,28,30)/t13-,18+/m0/s1. The molecule has 6 nitrogen and oxygen atoms in total. The first-order valence-corrected chi connectivity index (χ1v) is 11.4. The topological polar surface area (TPSA) is 98.6 Å². The molecule has 1 aliphatic heterocycles. The van der Waals surface area contributed by atoms with Crippen LogP contribution in [0.4, 0.5) is 5.82 Å². The largest absolute Gasteiger partial charge is 0.343 e. The number of nitrogens with one attached hydrogen (secondary N) is 2. The highest BCUT2D eigenvalue weighted by molar-refractivity contribution is 7.99. The van der Waals surface area contributed by atoms with E-state index in [0.717, 1.165) is 17.7 Å². The van der Waals surface area contributed by atoms with Crippen molar-refractivity contribution in [2.45, 2.75) is 63.3 Å². The lowest BCUT2D eigenvalue weighted by atomic mass is 9.69. The summed E-state index contributed by atoms with van der Waals surface area (Å²) in [6.45, 7) is 8.36. The third-order valence-corrected chi connectivity index (χ3v) is 7.11. The minimum atomic E-state index is -0.499. The molecule has 0 radical (unpaired) electrons. The molecule has 4 rings (SSSR count). The van der Waals surface area contributed by atoms with E-state index in [9.17, 15) is 9.59 Å². The van der Waals surface area contributed by atoms with Crippen molar-refractivity contribution in [3.05, 3.63) is 62.6 Å². The lowest BCUT2D eigenvalue weighted by Crippen LogP contribution is -2.37. The summed E-state index contributed by atoms with van der Waals surface area (Å²) in [6.07, 6.45) is 2.11. The Labute approximate surface area is 186 Å². The summed E-state index contributed by atoms with van der Waals surface area (Å²) < 4.78 is 0. The molecule has 2 aliphatic rings. The lowest BCUT2D eigenvalue weighted by Gasteiger charge is -2.38. The van der Waals surface area contributed by atoms with Crippen molar-refractivity contribution >= 4 is 23.4 Å². The Balaban J connectivity index is 1.90. The number of nitriles is 1. The van der Waals surface area contributed by atoms with E-state index in [-0.39, 0.29) is 16.8 Å². The third kappa shape index (κ3) is 4.05. The van der Waals surface area contributed by atoms with Crippen LogP contribution in [0.2, 0.25) is 0 Å². The third-order valence-electron chi connectivity index (χ3n) is 5.96. The monoisotopic (exact) mass is 434 g/mol. The van der Waals surface area contributed by atoms with Crippen molar-refractivity contribution in [3.8, 4) is 6.07 Å². The average molecular weight is 435 g/mol. The number of ketones is 1. The number of anilines is 1. The molecule has 0 saturated carbocycles. The SMILES string of the molecule is CC[C@H](C)Sc1nc2c(c(=O)[nH]1)[C@H](c1ccc(C#N)cc1)C1=C(CC(C)(C)CC1=O)N2. The normalized spacial score (nSPS) is 20.4. The van der Waals surface area contributed by atoms with Gasteiger partial charge >= 0.3 is 0 Å². The van der Waals surface area contributed by atoms with Gasteiger partial charge < -0.3 is 10.3 Å². The van der Waals surface area contributed by atoms with Crippen LogP contribution in [0.1, 0.15) is 69.6 Å². The van der Waals surface area contributed by atoms with Crippen LogP contribution < -0.4 is 10.9 Å². The number of H-pyrrole nitrogens is 1. The predicted molar refractivity (Wildman–Crippen MR) is 122 cm³/mol. The van der Waals surface area contributed by atoms with Crippen LogP contribution in [-0.2, 0) is 4.79 Å². The molecule has 0 fully saturated rings. The van der Waals surface area contributed by atoms with Crippen LogP contribution in [0.3, 0.4) is 0 Å². The summed E-state index contributed by atoms with van der Waals surface area (Å²) in [5, 5.41) is 13.4. The lowest BCUT2D eigenvalue weighted by molar-refractivity contribution is -0.118. The van der Waals surface area contributed by atoms with Gasteiger partial charge in [0.05, 0.1) is 17.2 Å². The number of fused-ring (bicyclic) bond motifs is 1. The van der Waals surface area contributed by atoms with Crippen LogP contribution in [-0.4, -0.2) is 21.0 Å². The second-order valence-electron chi connectivity index (χ2n) is 9.10. The fraction of sp³-hybridized carbons (Fsp3) is 0.417. The van der Waals surface area contributed by atoms with E-state index in [4.69, 9.17) is 10.2 Å². The fourth-order valence-corrected chi connectivity index (χ4v) is 5.15. The number of rotatable bonds is 4. The number of thioether (sulfide) groups is 1. The van der Waals surface area contributed by atoms with E-state index >= 15 is 0 Å². The maximum Gasteiger partial charge on any atom is 0.257 e. The maximum absolute atomic E-state index is 13.2. The van der Waals surface area contributed by atoms with Crippen molar-refractivity contribution in [1.29, 1.82) is 5.26 Å². The molecule has 1 aromatic heterocycles. The van der Waals surface area contributed by atoms with Gasteiger partial charge in [0.15, 0.2) is 10.9 Å². The van der Waals surface area contributed by atoms with Gasteiger partial charge in [-0.25, -0.2) is 4.98 Å². The Morgan fingerprint density at radius 3 is 2.61 bits per heavy atom. The van der Waals surface area contributed by atoms with Crippen LogP contribution in [0.15, 0.2) is 45.5 Å². The van der Waals surface area contributed by atoms with Crippen LogP contribution >= 0.6 is 11.8 Å². The highest BCUT2D eigenvalue weighted by Gasteiger charge is 2.42. The Bertz CT molecular complexity index is 1170. The number of benzene rings is 1. The number of carbonyl (C=O) groups excluding carboxylic acids is 1. The molecule has 1 aromatic carbocycles. The van der Waals surface area contributed by atoms with Crippen LogP contribution in [0.5, 0.6) is 0 Å². The van der Waals surface area contributed by atoms with Crippen LogP contribution in [0.25, 0.3) is 0 Å². The summed E-state index contributed by atoms with van der Waals surface area (Å²) in [5.41, 5.74) is 2.91. The number of hydrogen-bond acceptors (Lipinski definition) is 6. The number of aromatic nitrogens is 2. The molecule has 0 saturated heterocycles. The number of aromatic amines is 1. The summed E-state index contributed by atoms with van der Waals surface area (Å²) in [5.74, 6) is 0.0749. The average Bonchev–Trinajstić information content (AvgIpc) is 2.71. The van der Waals surface area contributed by atoms with Crippen molar-refractivity contribution in [2.75, 3.05) is 5.32 Å². The smallest absolute Gasteiger partial charge is 0.257 e. The van der Waals surface area contributed by atoms with Gasteiger partial charge in [0, 0.05) is 28.9 Å². The molecule has 0 unspecified atom stereocenters. The first-order chi connectivity index (χ1) is 14.7. The van der Waals surface area contributed by atoms with Gasteiger partial charge in [-0.1, -0.05) is 51.6 Å². The van der Waals surface area contributed by atoms with E-state index < -0.39 is 5.92 Å². The molecule has 2 atom stereocenters. The zero-order valence-corrected chi connectivity index (χ0v) is 19.0. The zero-order chi connectivity index (χ0) is 22.3. The zero-order valence-electron chi connectivity index (χ0n) is 18.2. The van der Waals surface area contributed by atoms with Crippen molar-refractivity contribution in [1.82, 2.24) is 9.97 Å². The van der Waals surface area contributed by atoms with Crippen LogP contribution in [0, 0.1) is 16.7 Å². The van der Waals surface area contributed by atoms with Gasteiger partial charge in [-0.2, -0.15) is 5.26 Å².